The van der Waals surface area contributed by atoms with Crippen LogP contribution in [0.4, 0.5) is 0 Å². The van der Waals surface area contributed by atoms with E-state index in [0.717, 1.165) is 25.7 Å². The summed E-state index contributed by atoms with van der Waals surface area (Å²) in [4.78, 5) is 29.2. The Kier molecular flexibility index (Phi) is 8.11. The van der Waals surface area contributed by atoms with Crippen LogP contribution in [0.25, 0.3) is 0 Å². The van der Waals surface area contributed by atoms with Crippen molar-refractivity contribution in [2.75, 3.05) is 13.1 Å². The van der Waals surface area contributed by atoms with Gasteiger partial charge in [0.1, 0.15) is 17.5 Å². The number of para-hydroxylation sites is 1. The minimum absolute atomic E-state index is 0.0446. The molecule has 2 aromatic rings. The van der Waals surface area contributed by atoms with Crippen LogP contribution in [-0.4, -0.2) is 60.6 Å². The molecule has 6 atom stereocenters. The summed E-state index contributed by atoms with van der Waals surface area (Å²) in [6.45, 7) is 8.03. The monoisotopic (exact) mass is 573 g/mol. The Balaban J connectivity index is 1.14. The maximum absolute atomic E-state index is 13.8. The zero-order chi connectivity index (χ0) is 29.5. The number of amides is 2. The third kappa shape index (κ3) is 5.35. The molecule has 42 heavy (non-hydrogen) atoms. The molecular formula is C33H44BN3O5. The average Bonchev–Trinajstić information content (AvgIpc) is 3.61. The number of hydrogen-bond acceptors (Lipinski definition) is 6. The molecule has 2 amide bonds. The van der Waals surface area contributed by atoms with Crippen LogP contribution < -0.4 is 15.8 Å². The second-order valence-corrected chi connectivity index (χ2v) is 13.3. The summed E-state index contributed by atoms with van der Waals surface area (Å²) in [6, 6.07) is 16.1. The number of rotatable bonds is 10. The third-order valence-corrected chi connectivity index (χ3v) is 10.5. The summed E-state index contributed by atoms with van der Waals surface area (Å²) in [7, 11) is -0.505. The summed E-state index contributed by atoms with van der Waals surface area (Å²) >= 11 is 0. The molecule has 3 aliphatic carbocycles. The summed E-state index contributed by atoms with van der Waals surface area (Å²) in [5.41, 5.74) is 6.20. The van der Waals surface area contributed by atoms with Gasteiger partial charge in [0, 0.05) is 12.1 Å². The molecule has 9 heteroatoms. The molecule has 0 unspecified atom stereocenters. The lowest BCUT2D eigenvalue weighted by Crippen LogP contribution is -2.65. The largest absolute Gasteiger partial charge is 0.481 e. The number of hydrogen-bond donors (Lipinski definition) is 2. The number of nitrogens with zero attached hydrogens (tertiary/aromatic N) is 1. The first-order valence-electron chi connectivity index (χ1n) is 15.7. The first-order chi connectivity index (χ1) is 20.2. The van der Waals surface area contributed by atoms with Gasteiger partial charge in [0.25, 0.3) is 5.91 Å². The molecule has 2 aliphatic heterocycles. The van der Waals surface area contributed by atoms with Crippen molar-refractivity contribution < 1.29 is 23.6 Å². The van der Waals surface area contributed by atoms with Gasteiger partial charge in [-0.2, -0.15) is 0 Å². The SMILES string of the molecule is CC1(C)[C@@H]2C[C@H]3OB([C@H](CCCCN)NC(=O)[C@@H]4CCCN4C(=O)c4cccc(Oc5ccccc5)c4)O[C@@]3(C)[C@H]1C2. The molecule has 3 N–H and O–H groups in total. The van der Waals surface area contributed by atoms with Gasteiger partial charge in [-0.3, -0.25) is 9.59 Å². The summed E-state index contributed by atoms with van der Waals surface area (Å²) in [5.74, 6) is 1.77. The van der Waals surface area contributed by atoms with E-state index in [0.29, 0.717) is 54.8 Å². The highest BCUT2D eigenvalue weighted by atomic mass is 16.7. The number of likely N-dealkylation sites (tertiary alicyclic amines) is 1. The van der Waals surface area contributed by atoms with E-state index in [4.69, 9.17) is 19.8 Å². The smallest absolute Gasteiger partial charge is 0.457 e. The van der Waals surface area contributed by atoms with E-state index in [1.165, 1.54) is 6.42 Å². The highest BCUT2D eigenvalue weighted by Crippen LogP contribution is 2.65. The minimum atomic E-state index is -0.542. The number of carbonyl (C=O) groups excluding carboxylic acids is 2. The van der Waals surface area contributed by atoms with Crippen LogP contribution in [0.2, 0.25) is 0 Å². The van der Waals surface area contributed by atoms with E-state index in [-0.39, 0.29) is 34.9 Å². The molecule has 0 spiro atoms. The number of nitrogens with two attached hydrogens (primary N) is 1. The molecule has 8 nitrogen and oxygen atoms in total. The number of carbonyl (C=O) groups is 2. The Morgan fingerprint density at radius 1 is 1.10 bits per heavy atom. The lowest BCUT2D eigenvalue weighted by molar-refractivity contribution is -0.199. The Morgan fingerprint density at radius 3 is 2.64 bits per heavy atom. The number of benzene rings is 2. The van der Waals surface area contributed by atoms with Crippen LogP contribution in [0.5, 0.6) is 11.5 Å². The van der Waals surface area contributed by atoms with E-state index in [1.807, 2.05) is 42.5 Å². The Bertz CT molecular complexity index is 1290. The van der Waals surface area contributed by atoms with Crippen molar-refractivity contribution in [1.82, 2.24) is 10.2 Å². The third-order valence-electron chi connectivity index (χ3n) is 10.5. The molecule has 0 radical (unpaired) electrons. The van der Waals surface area contributed by atoms with Gasteiger partial charge in [0.2, 0.25) is 5.91 Å². The molecule has 7 rings (SSSR count). The first kappa shape index (κ1) is 29.2. The lowest BCUT2D eigenvalue weighted by atomic mass is 9.43. The molecule has 224 valence electrons. The second-order valence-electron chi connectivity index (χ2n) is 13.3. The molecule has 2 bridgehead atoms. The topological polar surface area (TPSA) is 103 Å². The van der Waals surface area contributed by atoms with Gasteiger partial charge in [0.05, 0.1) is 17.6 Å². The molecule has 2 aromatic carbocycles. The van der Waals surface area contributed by atoms with Crippen LogP contribution in [0.3, 0.4) is 0 Å². The van der Waals surface area contributed by atoms with E-state index in [9.17, 15) is 9.59 Å². The fourth-order valence-electron chi connectivity index (χ4n) is 7.90. The van der Waals surface area contributed by atoms with Crippen LogP contribution >= 0.6 is 0 Å². The van der Waals surface area contributed by atoms with Gasteiger partial charge in [0.15, 0.2) is 0 Å². The maximum atomic E-state index is 13.8. The van der Waals surface area contributed by atoms with E-state index in [2.05, 4.69) is 26.1 Å². The Labute approximate surface area is 249 Å². The van der Waals surface area contributed by atoms with Crippen LogP contribution in [0.1, 0.15) is 76.1 Å². The quantitative estimate of drug-likeness (QED) is 0.308. The average molecular weight is 574 g/mol. The highest BCUT2D eigenvalue weighted by Gasteiger charge is 2.68. The van der Waals surface area contributed by atoms with Crippen LogP contribution in [0, 0.1) is 17.3 Å². The number of nitrogens with one attached hydrogen (secondary N) is 1. The highest BCUT2D eigenvalue weighted by molar-refractivity contribution is 6.47. The predicted molar refractivity (Wildman–Crippen MR) is 162 cm³/mol. The van der Waals surface area contributed by atoms with Gasteiger partial charge >= 0.3 is 7.12 Å². The molecule has 3 saturated carbocycles. The molecular weight excluding hydrogens is 529 g/mol. The van der Waals surface area contributed by atoms with Crippen molar-refractivity contribution in [1.29, 1.82) is 0 Å². The van der Waals surface area contributed by atoms with Crippen LogP contribution in [-0.2, 0) is 14.1 Å². The number of ether oxygens (including phenoxy) is 1. The van der Waals surface area contributed by atoms with Gasteiger partial charge < -0.3 is 30.0 Å². The van der Waals surface area contributed by atoms with Crippen molar-refractivity contribution in [2.24, 2.45) is 23.0 Å². The van der Waals surface area contributed by atoms with Gasteiger partial charge in [-0.15, -0.1) is 0 Å². The lowest BCUT2D eigenvalue weighted by Gasteiger charge is -2.64. The Morgan fingerprint density at radius 2 is 1.88 bits per heavy atom. The summed E-state index contributed by atoms with van der Waals surface area (Å²) in [6.07, 6.45) is 6.07. The van der Waals surface area contributed by atoms with Crippen molar-refractivity contribution in [3.8, 4) is 11.5 Å². The normalized spacial score (nSPS) is 29.9. The Hall–Kier alpha value is -2.88. The summed E-state index contributed by atoms with van der Waals surface area (Å²) in [5, 5.41) is 3.27. The molecule has 5 aliphatic rings. The van der Waals surface area contributed by atoms with Crippen molar-refractivity contribution >= 4 is 18.9 Å². The van der Waals surface area contributed by atoms with Crippen LogP contribution in [0.15, 0.2) is 54.6 Å². The van der Waals surface area contributed by atoms with Gasteiger partial charge in [-0.25, -0.2) is 0 Å². The minimum Gasteiger partial charge on any atom is -0.457 e. The fraction of sp³-hybridized carbons (Fsp3) is 0.576. The molecule has 0 aromatic heterocycles. The van der Waals surface area contributed by atoms with Gasteiger partial charge in [-0.05, 0) is 99.6 Å². The number of unbranched alkanes of at least 4 members (excludes halogenated alkanes) is 1. The zero-order valence-corrected chi connectivity index (χ0v) is 25.1. The standard InChI is InChI=1S/C33H44BN3O5/c1-32(2)23-20-27(32)33(3)28(21-23)41-34(42-33)29(16-7-8-17-35)36-30(38)26-15-10-18-37(26)31(39)22-11-9-14-25(19-22)40-24-12-5-4-6-13-24/h4-6,9,11-14,19,23,26-29H,7-8,10,15-18,20-21,35H2,1-3H3,(H,36,38)/t23-,26-,27-,28+,29-,33-/m0/s1. The predicted octanol–water partition coefficient (Wildman–Crippen LogP) is 4.96. The van der Waals surface area contributed by atoms with Crippen molar-refractivity contribution in [3.63, 3.8) is 0 Å². The summed E-state index contributed by atoms with van der Waals surface area (Å²) < 4.78 is 19.2. The molecule has 5 fully saturated rings. The second kappa shape index (κ2) is 11.7. The van der Waals surface area contributed by atoms with E-state index < -0.39 is 13.2 Å². The van der Waals surface area contributed by atoms with Crippen molar-refractivity contribution in [3.05, 3.63) is 60.2 Å². The van der Waals surface area contributed by atoms with E-state index >= 15 is 0 Å². The van der Waals surface area contributed by atoms with Crippen molar-refractivity contribution in [2.45, 2.75) is 89.4 Å². The molecule has 2 saturated heterocycles. The zero-order valence-electron chi connectivity index (χ0n) is 25.1. The van der Waals surface area contributed by atoms with Gasteiger partial charge in [-0.1, -0.05) is 44.5 Å². The maximum Gasteiger partial charge on any atom is 0.481 e. The first-order valence-corrected chi connectivity index (χ1v) is 15.7. The molecule has 2 heterocycles. The van der Waals surface area contributed by atoms with E-state index in [1.54, 1.807) is 17.0 Å². The fourth-order valence-corrected chi connectivity index (χ4v) is 7.90.